The van der Waals surface area contributed by atoms with Crippen molar-refractivity contribution in [2.75, 3.05) is 6.61 Å². The molecule has 0 aliphatic heterocycles. The Labute approximate surface area is 128 Å². The van der Waals surface area contributed by atoms with Gasteiger partial charge in [-0.1, -0.05) is 35.9 Å². The Hall–Kier alpha value is -2.69. The molecule has 0 unspecified atom stereocenters. The standard InChI is InChI=1S/C17H17FN2O2/c1-12-7-8-14(13(2)9-12)10-19-20-17(21)11-22-16-6-4-3-5-15(16)18/h3-10H,11H2,1-2H3,(H,20,21)/b19-10+. The van der Waals surface area contributed by atoms with Crippen LogP contribution in [0.25, 0.3) is 0 Å². The largest absolute Gasteiger partial charge is 0.481 e. The van der Waals surface area contributed by atoms with Crippen LogP contribution in [0.15, 0.2) is 47.6 Å². The summed E-state index contributed by atoms with van der Waals surface area (Å²) in [6, 6.07) is 11.8. The molecule has 0 radical (unpaired) electrons. The molecule has 0 aliphatic carbocycles. The van der Waals surface area contributed by atoms with Crippen molar-refractivity contribution in [1.29, 1.82) is 0 Å². The Morgan fingerprint density at radius 3 is 2.77 bits per heavy atom. The Balaban J connectivity index is 1.85. The normalized spacial score (nSPS) is 10.7. The van der Waals surface area contributed by atoms with Crippen LogP contribution in [0.3, 0.4) is 0 Å². The quantitative estimate of drug-likeness (QED) is 0.682. The molecule has 0 fully saturated rings. The van der Waals surface area contributed by atoms with Crippen molar-refractivity contribution in [3.8, 4) is 5.75 Å². The van der Waals surface area contributed by atoms with E-state index in [1.807, 2.05) is 32.0 Å². The highest BCUT2D eigenvalue weighted by Crippen LogP contribution is 2.14. The average Bonchev–Trinajstić information content (AvgIpc) is 2.49. The first-order valence-electron chi connectivity index (χ1n) is 6.83. The first kappa shape index (κ1) is 15.7. The van der Waals surface area contributed by atoms with Crippen molar-refractivity contribution in [2.45, 2.75) is 13.8 Å². The van der Waals surface area contributed by atoms with Gasteiger partial charge in [-0.3, -0.25) is 4.79 Å². The fourth-order valence-corrected chi connectivity index (χ4v) is 1.88. The number of benzene rings is 2. The highest BCUT2D eigenvalue weighted by molar-refractivity contribution is 5.84. The van der Waals surface area contributed by atoms with Gasteiger partial charge in [-0.25, -0.2) is 9.82 Å². The molecule has 0 saturated heterocycles. The van der Waals surface area contributed by atoms with Crippen LogP contribution in [0.1, 0.15) is 16.7 Å². The highest BCUT2D eigenvalue weighted by atomic mass is 19.1. The van der Waals surface area contributed by atoms with Crippen LogP contribution in [0.5, 0.6) is 5.75 Å². The van der Waals surface area contributed by atoms with E-state index in [-0.39, 0.29) is 12.4 Å². The molecule has 0 aromatic heterocycles. The Morgan fingerprint density at radius 2 is 2.05 bits per heavy atom. The molecule has 4 nitrogen and oxygen atoms in total. The first-order valence-corrected chi connectivity index (χ1v) is 6.83. The van der Waals surface area contributed by atoms with Crippen molar-refractivity contribution in [3.05, 3.63) is 65.0 Å². The third kappa shape index (κ3) is 4.41. The number of para-hydroxylation sites is 1. The molecule has 0 aliphatic rings. The van der Waals surface area contributed by atoms with Gasteiger partial charge in [-0.05, 0) is 37.1 Å². The zero-order valence-corrected chi connectivity index (χ0v) is 12.5. The number of carbonyl (C=O) groups is 1. The fourth-order valence-electron chi connectivity index (χ4n) is 1.88. The lowest BCUT2D eigenvalue weighted by Gasteiger charge is -2.05. The molecule has 2 aromatic rings. The molecule has 0 saturated carbocycles. The maximum atomic E-state index is 13.3. The molecule has 0 heterocycles. The Morgan fingerprint density at radius 1 is 1.27 bits per heavy atom. The summed E-state index contributed by atoms with van der Waals surface area (Å²) in [5.41, 5.74) is 5.50. The maximum Gasteiger partial charge on any atom is 0.277 e. The van der Waals surface area contributed by atoms with E-state index in [0.717, 1.165) is 16.7 Å². The van der Waals surface area contributed by atoms with Crippen LogP contribution in [0.4, 0.5) is 4.39 Å². The molecule has 0 spiro atoms. The molecular weight excluding hydrogens is 283 g/mol. The van der Waals surface area contributed by atoms with E-state index < -0.39 is 11.7 Å². The van der Waals surface area contributed by atoms with Crippen LogP contribution in [0, 0.1) is 19.7 Å². The van der Waals surface area contributed by atoms with Gasteiger partial charge in [0.05, 0.1) is 6.21 Å². The summed E-state index contributed by atoms with van der Waals surface area (Å²) in [5.74, 6) is -0.922. The van der Waals surface area contributed by atoms with Gasteiger partial charge < -0.3 is 4.74 Å². The Bertz CT molecular complexity index is 699. The monoisotopic (exact) mass is 300 g/mol. The Kier molecular flexibility index (Phi) is 5.25. The van der Waals surface area contributed by atoms with Gasteiger partial charge >= 0.3 is 0 Å². The van der Waals surface area contributed by atoms with Crippen molar-refractivity contribution in [2.24, 2.45) is 5.10 Å². The van der Waals surface area contributed by atoms with Crippen LogP contribution in [-0.2, 0) is 4.79 Å². The van der Waals surface area contributed by atoms with Crippen molar-refractivity contribution in [1.82, 2.24) is 5.43 Å². The SMILES string of the molecule is Cc1ccc(/C=N/NC(=O)COc2ccccc2F)c(C)c1. The van der Waals surface area contributed by atoms with Gasteiger partial charge in [0.1, 0.15) is 0 Å². The van der Waals surface area contributed by atoms with E-state index in [1.165, 1.54) is 12.1 Å². The van der Waals surface area contributed by atoms with Gasteiger partial charge in [0.15, 0.2) is 18.2 Å². The number of halogens is 1. The smallest absolute Gasteiger partial charge is 0.277 e. The first-order chi connectivity index (χ1) is 10.6. The van der Waals surface area contributed by atoms with Crippen molar-refractivity contribution in [3.63, 3.8) is 0 Å². The second kappa shape index (κ2) is 7.36. The fraction of sp³-hybridized carbons (Fsp3) is 0.176. The van der Waals surface area contributed by atoms with E-state index in [1.54, 1.807) is 18.3 Å². The second-order valence-corrected chi connectivity index (χ2v) is 4.87. The van der Waals surface area contributed by atoms with E-state index in [0.29, 0.717) is 0 Å². The molecule has 1 N–H and O–H groups in total. The third-order valence-corrected chi connectivity index (χ3v) is 3.01. The molecule has 114 valence electrons. The maximum absolute atomic E-state index is 13.3. The van der Waals surface area contributed by atoms with Gasteiger partial charge in [0, 0.05) is 0 Å². The lowest BCUT2D eigenvalue weighted by Crippen LogP contribution is -2.24. The summed E-state index contributed by atoms with van der Waals surface area (Å²) in [7, 11) is 0. The predicted molar refractivity (Wildman–Crippen MR) is 83.5 cm³/mol. The van der Waals surface area contributed by atoms with E-state index in [2.05, 4.69) is 10.5 Å². The molecule has 2 rings (SSSR count). The molecule has 1 amide bonds. The second-order valence-electron chi connectivity index (χ2n) is 4.87. The zero-order valence-electron chi connectivity index (χ0n) is 12.5. The van der Waals surface area contributed by atoms with Crippen LogP contribution < -0.4 is 10.2 Å². The zero-order chi connectivity index (χ0) is 15.9. The minimum Gasteiger partial charge on any atom is -0.481 e. The van der Waals surface area contributed by atoms with Crippen molar-refractivity contribution < 1.29 is 13.9 Å². The minimum atomic E-state index is -0.505. The summed E-state index contributed by atoms with van der Waals surface area (Å²) in [4.78, 5) is 11.6. The topological polar surface area (TPSA) is 50.7 Å². The molecule has 22 heavy (non-hydrogen) atoms. The molecule has 0 atom stereocenters. The van der Waals surface area contributed by atoms with E-state index in [9.17, 15) is 9.18 Å². The number of nitrogens with zero attached hydrogens (tertiary/aromatic N) is 1. The summed E-state index contributed by atoms with van der Waals surface area (Å²) in [6.45, 7) is 3.68. The molecular formula is C17H17FN2O2. The number of carbonyl (C=O) groups excluding carboxylic acids is 1. The van der Waals surface area contributed by atoms with E-state index >= 15 is 0 Å². The number of aryl methyl sites for hydroxylation is 2. The minimum absolute atomic E-state index is 0.0380. The third-order valence-electron chi connectivity index (χ3n) is 3.01. The van der Waals surface area contributed by atoms with Gasteiger partial charge in [0.25, 0.3) is 5.91 Å². The predicted octanol–water partition coefficient (Wildman–Crippen LogP) is 2.97. The van der Waals surface area contributed by atoms with Crippen LogP contribution in [0.2, 0.25) is 0 Å². The van der Waals surface area contributed by atoms with Crippen LogP contribution in [-0.4, -0.2) is 18.7 Å². The lowest BCUT2D eigenvalue weighted by molar-refractivity contribution is -0.123. The number of amides is 1. The summed E-state index contributed by atoms with van der Waals surface area (Å²) >= 11 is 0. The number of hydrogen-bond donors (Lipinski definition) is 1. The summed E-state index contributed by atoms with van der Waals surface area (Å²) in [5, 5.41) is 3.87. The summed E-state index contributed by atoms with van der Waals surface area (Å²) < 4.78 is 18.4. The van der Waals surface area contributed by atoms with Crippen molar-refractivity contribution >= 4 is 12.1 Å². The number of rotatable bonds is 5. The number of nitrogens with one attached hydrogen (secondary N) is 1. The lowest BCUT2D eigenvalue weighted by atomic mass is 10.1. The number of hydrogen-bond acceptors (Lipinski definition) is 3. The average molecular weight is 300 g/mol. The van der Waals surface area contributed by atoms with Crippen LogP contribution >= 0.6 is 0 Å². The van der Waals surface area contributed by atoms with Gasteiger partial charge in [0.2, 0.25) is 0 Å². The van der Waals surface area contributed by atoms with Gasteiger partial charge in [-0.15, -0.1) is 0 Å². The van der Waals surface area contributed by atoms with E-state index in [4.69, 9.17) is 4.74 Å². The van der Waals surface area contributed by atoms with Gasteiger partial charge in [-0.2, -0.15) is 5.10 Å². The molecule has 5 heteroatoms. The summed E-state index contributed by atoms with van der Waals surface area (Å²) in [6.07, 6.45) is 1.57. The molecule has 2 aromatic carbocycles. The highest BCUT2D eigenvalue weighted by Gasteiger charge is 2.05. The number of hydrazone groups is 1. The molecule has 0 bridgehead atoms. The number of ether oxygens (including phenoxy) is 1.